The highest BCUT2D eigenvalue weighted by Crippen LogP contribution is 2.37. The number of nitrogens with two attached hydrogens (primary N) is 1. The number of halogens is 3. The highest BCUT2D eigenvalue weighted by molar-refractivity contribution is 5.98. The van der Waals surface area contributed by atoms with E-state index in [2.05, 4.69) is 27.4 Å². The van der Waals surface area contributed by atoms with Crippen LogP contribution in [0.4, 0.5) is 24.7 Å². The fourth-order valence-electron chi connectivity index (χ4n) is 4.73. The molecule has 7 nitrogen and oxygen atoms in total. The van der Waals surface area contributed by atoms with E-state index in [9.17, 15) is 18.0 Å². The van der Waals surface area contributed by atoms with Crippen LogP contribution in [0.5, 0.6) is 0 Å². The lowest BCUT2D eigenvalue weighted by molar-refractivity contribution is -0.137. The number of primary amides is 1. The van der Waals surface area contributed by atoms with Crippen molar-refractivity contribution in [2.24, 2.45) is 16.6 Å². The molecule has 3 atom stereocenters. The van der Waals surface area contributed by atoms with Crippen LogP contribution in [0.15, 0.2) is 35.5 Å². The first-order chi connectivity index (χ1) is 15.7. The molecule has 0 aliphatic heterocycles. The summed E-state index contributed by atoms with van der Waals surface area (Å²) in [4.78, 5) is 16.2. The molecule has 2 aliphatic carbocycles. The van der Waals surface area contributed by atoms with E-state index >= 15 is 0 Å². The summed E-state index contributed by atoms with van der Waals surface area (Å²) in [6.45, 7) is 4.25. The van der Waals surface area contributed by atoms with Crippen molar-refractivity contribution >= 4 is 24.1 Å². The molecule has 0 bridgehead atoms. The van der Waals surface area contributed by atoms with Crippen molar-refractivity contribution in [2.75, 3.05) is 11.9 Å². The molecule has 1 aromatic heterocycles. The van der Waals surface area contributed by atoms with E-state index < -0.39 is 17.6 Å². The van der Waals surface area contributed by atoms with Gasteiger partial charge in [0.2, 0.25) is 0 Å². The third kappa shape index (κ3) is 5.38. The third-order valence-corrected chi connectivity index (χ3v) is 6.69. The minimum absolute atomic E-state index is 0.0243. The van der Waals surface area contributed by atoms with Crippen molar-refractivity contribution in [3.8, 4) is 0 Å². The Hall–Kier alpha value is -2.88. The van der Waals surface area contributed by atoms with E-state index in [1.807, 2.05) is 0 Å². The number of aliphatic imine (C=N–C) groups is 1. The lowest BCUT2D eigenvalue weighted by atomic mass is 9.80. The van der Waals surface area contributed by atoms with Gasteiger partial charge in [-0.1, -0.05) is 6.42 Å². The van der Waals surface area contributed by atoms with Gasteiger partial charge in [-0.2, -0.15) is 18.3 Å². The molecule has 4 rings (SSSR count). The van der Waals surface area contributed by atoms with E-state index in [0.29, 0.717) is 24.3 Å². The van der Waals surface area contributed by atoms with Crippen molar-refractivity contribution in [1.82, 2.24) is 15.1 Å². The first-order valence-electron chi connectivity index (χ1n) is 11.3. The van der Waals surface area contributed by atoms with Gasteiger partial charge in [-0.3, -0.25) is 9.48 Å². The summed E-state index contributed by atoms with van der Waals surface area (Å²) < 4.78 is 40.2. The number of hydrogen-bond donors (Lipinski definition) is 3. The summed E-state index contributed by atoms with van der Waals surface area (Å²) in [5.41, 5.74) is 5.39. The smallest absolute Gasteiger partial charge is 0.365 e. The number of aromatic nitrogens is 2. The number of carbonyl (C=O) groups is 1. The van der Waals surface area contributed by atoms with E-state index in [4.69, 9.17) is 5.73 Å². The van der Waals surface area contributed by atoms with Crippen LogP contribution >= 0.6 is 0 Å². The van der Waals surface area contributed by atoms with Crippen LogP contribution in [0, 0.1) is 5.92 Å². The number of amides is 1. The number of nitrogens with one attached hydrogen (secondary N) is 2. The van der Waals surface area contributed by atoms with E-state index in [1.165, 1.54) is 31.4 Å². The Morgan fingerprint density at radius 2 is 1.91 bits per heavy atom. The summed E-state index contributed by atoms with van der Waals surface area (Å²) in [7, 11) is 0. The first kappa shape index (κ1) is 23.3. The lowest BCUT2D eigenvalue weighted by Gasteiger charge is -2.39. The van der Waals surface area contributed by atoms with Crippen LogP contribution in [0.2, 0.25) is 0 Å². The lowest BCUT2D eigenvalue weighted by Crippen LogP contribution is -2.46. The van der Waals surface area contributed by atoms with E-state index in [0.717, 1.165) is 31.4 Å². The molecule has 2 aliphatic rings. The average Bonchev–Trinajstić information content (AvgIpc) is 3.15. The second-order valence-corrected chi connectivity index (χ2v) is 8.97. The number of alkyl halides is 3. The average molecular weight is 463 g/mol. The molecular weight excluding hydrogens is 433 g/mol. The molecule has 2 saturated carbocycles. The molecule has 1 heterocycles. The molecule has 4 N–H and O–H groups in total. The monoisotopic (exact) mass is 462 g/mol. The zero-order valence-electron chi connectivity index (χ0n) is 18.3. The van der Waals surface area contributed by atoms with Crippen LogP contribution < -0.4 is 16.4 Å². The Balaban J connectivity index is 1.52. The Bertz CT molecular complexity index is 983. The Morgan fingerprint density at radius 3 is 2.48 bits per heavy atom. The molecule has 0 unspecified atom stereocenters. The second kappa shape index (κ2) is 9.54. The zero-order chi connectivity index (χ0) is 23.6. The number of carbonyl (C=O) groups excluding carboxylic acids is 1. The Kier molecular flexibility index (Phi) is 6.73. The molecule has 10 heteroatoms. The topological polar surface area (TPSA) is 97.3 Å². The number of anilines is 2. The molecular formula is C23H29F3N6O. The Labute approximate surface area is 190 Å². The van der Waals surface area contributed by atoms with Gasteiger partial charge in [-0.25, -0.2) is 0 Å². The van der Waals surface area contributed by atoms with Gasteiger partial charge in [0, 0.05) is 36.4 Å². The maximum atomic E-state index is 12.8. The summed E-state index contributed by atoms with van der Waals surface area (Å²) in [6, 6.07) is 5.61. The van der Waals surface area contributed by atoms with Crippen LogP contribution in [0.25, 0.3) is 0 Å². The number of hydrogen-bond acceptors (Lipinski definition) is 5. The molecule has 0 radical (unpaired) electrons. The van der Waals surface area contributed by atoms with Gasteiger partial charge >= 0.3 is 6.18 Å². The SMILES string of the molecule is C=NC[C@H]1C[C@H](NC2CCC2)CC[C@@H]1n1cc(C(N)=O)c(Nc2ccc(C(F)(F)F)cc2)n1. The molecule has 33 heavy (non-hydrogen) atoms. The maximum absolute atomic E-state index is 12.8. The van der Waals surface area contributed by atoms with E-state index in [-0.39, 0.29) is 23.3 Å². The van der Waals surface area contributed by atoms with Gasteiger partial charge in [-0.05, 0) is 63.1 Å². The summed E-state index contributed by atoms with van der Waals surface area (Å²) in [6.07, 6.45) is 3.73. The molecule has 1 amide bonds. The maximum Gasteiger partial charge on any atom is 0.416 e. The minimum atomic E-state index is -4.42. The van der Waals surface area contributed by atoms with Gasteiger partial charge in [0.25, 0.3) is 5.91 Å². The van der Waals surface area contributed by atoms with Crippen molar-refractivity contribution in [1.29, 1.82) is 0 Å². The minimum Gasteiger partial charge on any atom is -0.365 e. The van der Waals surface area contributed by atoms with Gasteiger partial charge in [-0.15, -0.1) is 0 Å². The van der Waals surface area contributed by atoms with Gasteiger partial charge in [0.15, 0.2) is 5.82 Å². The largest absolute Gasteiger partial charge is 0.416 e. The Morgan fingerprint density at radius 1 is 1.18 bits per heavy atom. The van der Waals surface area contributed by atoms with Crippen molar-refractivity contribution in [2.45, 2.75) is 62.8 Å². The standard InChI is InChI=1S/C23H29F3N6O/c1-28-12-14-11-18(29-16-3-2-4-16)9-10-20(14)32-13-19(21(27)33)22(31-32)30-17-7-5-15(6-8-17)23(24,25)26/h5-8,13-14,16,18,20,29H,1-4,9-12H2,(H2,27,33)(H,30,31)/t14-,18-,20+/m1/s1. The quantitative estimate of drug-likeness (QED) is 0.510. The molecule has 178 valence electrons. The van der Waals surface area contributed by atoms with Crippen molar-refractivity contribution < 1.29 is 18.0 Å². The number of nitrogens with zero attached hydrogens (tertiary/aromatic N) is 3. The fourth-order valence-corrected chi connectivity index (χ4v) is 4.73. The zero-order valence-corrected chi connectivity index (χ0v) is 18.3. The van der Waals surface area contributed by atoms with Crippen LogP contribution in [-0.4, -0.2) is 41.0 Å². The molecule has 0 spiro atoms. The first-order valence-corrected chi connectivity index (χ1v) is 11.3. The number of rotatable bonds is 8. The molecule has 0 saturated heterocycles. The second-order valence-electron chi connectivity index (χ2n) is 8.97. The fraction of sp³-hybridized carbons (Fsp3) is 0.522. The van der Waals surface area contributed by atoms with Crippen LogP contribution in [0.3, 0.4) is 0 Å². The number of benzene rings is 1. The van der Waals surface area contributed by atoms with Gasteiger partial charge < -0.3 is 21.4 Å². The van der Waals surface area contributed by atoms with Crippen LogP contribution in [-0.2, 0) is 6.18 Å². The highest BCUT2D eigenvalue weighted by Gasteiger charge is 2.34. The molecule has 1 aromatic carbocycles. The van der Waals surface area contributed by atoms with Crippen molar-refractivity contribution in [3.05, 3.63) is 41.6 Å². The molecule has 2 fully saturated rings. The van der Waals surface area contributed by atoms with Crippen LogP contribution in [0.1, 0.15) is 60.5 Å². The van der Waals surface area contributed by atoms with Crippen molar-refractivity contribution in [3.63, 3.8) is 0 Å². The normalized spacial score (nSPS) is 23.7. The third-order valence-electron chi connectivity index (χ3n) is 6.69. The summed E-state index contributed by atoms with van der Waals surface area (Å²) in [5, 5.41) is 11.2. The predicted octanol–water partition coefficient (Wildman–Crippen LogP) is 4.30. The summed E-state index contributed by atoms with van der Waals surface area (Å²) >= 11 is 0. The predicted molar refractivity (Wildman–Crippen MR) is 121 cm³/mol. The summed E-state index contributed by atoms with van der Waals surface area (Å²) in [5.74, 6) is -0.231. The van der Waals surface area contributed by atoms with E-state index in [1.54, 1.807) is 10.9 Å². The molecule has 2 aromatic rings. The van der Waals surface area contributed by atoms with Gasteiger partial charge in [0.05, 0.1) is 11.6 Å². The highest BCUT2D eigenvalue weighted by atomic mass is 19.4. The van der Waals surface area contributed by atoms with Gasteiger partial charge in [0.1, 0.15) is 5.56 Å².